The van der Waals surface area contributed by atoms with Crippen molar-refractivity contribution in [3.63, 3.8) is 0 Å². The number of amides is 1. The molecule has 1 aliphatic heterocycles. The van der Waals surface area contributed by atoms with E-state index in [-0.39, 0.29) is 37.0 Å². The van der Waals surface area contributed by atoms with Crippen molar-refractivity contribution < 1.29 is 21.6 Å². The van der Waals surface area contributed by atoms with Crippen LogP contribution in [-0.4, -0.2) is 70.4 Å². The number of rotatable bonds is 6. The average molecular weight is 466 g/mol. The van der Waals surface area contributed by atoms with Crippen LogP contribution < -0.4 is 4.31 Å². The van der Waals surface area contributed by atoms with E-state index in [4.69, 9.17) is 0 Å². The number of hydrogen-bond donors (Lipinski definition) is 0. The Kier molecular flexibility index (Phi) is 6.73. The van der Waals surface area contributed by atoms with Gasteiger partial charge in [0.25, 0.3) is 0 Å². The van der Waals surface area contributed by atoms with Crippen molar-refractivity contribution in [1.82, 2.24) is 9.21 Å². The molecule has 2 aromatic rings. The quantitative estimate of drug-likeness (QED) is 0.647. The van der Waals surface area contributed by atoms with Crippen LogP contribution >= 0.6 is 0 Å². The summed E-state index contributed by atoms with van der Waals surface area (Å²) < 4.78 is 53.0. The molecule has 1 fully saturated rings. The number of benzene rings is 2. The van der Waals surface area contributed by atoms with Gasteiger partial charge in [-0.1, -0.05) is 35.9 Å². The first-order valence-corrected chi connectivity index (χ1v) is 13.2. The molecule has 0 aliphatic carbocycles. The fourth-order valence-electron chi connectivity index (χ4n) is 3.65. The lowest BCUT2D eigenvalue weighted by molar-refractivity contribution is -0.133. The third-order valence-corrected chi connectivity index (χ3v) is 8.44. The summed E-state index contributed by atoms with van der Waals surface area (Å²) in [6, 6.07) is 14.2. The highest BCUT2D eigenvalue weighted by Gasteiger charge is 2.35. The molecule has 1 saturated heterocycles. The molecular formula is C21H27N3O5S2. The maximum Gasteiger partial charge on any atom is 0.246 e. The van der Waals surface area contributed by atoms with Crippen LogP contribution in [0.1, 0.15) is 12.5 Å². The van der Waals surface area contributed by atoms with Gasteiger partial charge in [-0.05, 0) is 38.1 Å². The molecule has 168 valence electrons. The van der Waals surface area contributed by atoms with Gasteiger partial charge in [-0.25, -0.2) is 16.8 Å². The fourth-order valence-corrected chi connectivity index (χ4v) is 6.24. The number of nitrogens with zero attached hydrogens (tertiary/aromatic N) is 3. The molecule has 0 saturated carbocycles. The molecule has 0 N–H and O–H groups in total. The fraction of sp³-hybridized carbons (Fsp3) is 0.381. The van der Waals surface area contributed by atoms with Crippen molar-refractivity contribution in [2.75, 3.05) is 36.7 Å². The highest BCUT2D eigenvalue weighted by atomic mass is 32.2. The standard InChI is InChI=1S/C21H27N3O5S2/c1-17-9-11-20(12-10-17)31(28,29)23-15-13-22(14-16-23)21(25)18(2)24(30(3,26)27)19-7-5-4-6-8-19/h4-12,18H,13-16H2,1-3H3/t18-/m1/s1. The minimum absolute atomic E-state index is 0.152. The molecule has 1 atom stereocenters. The van der Waals surface area contributed by atoms with E-state index in [9.17, 15) is 21.6 Å². The Labute approximate surface area is 184 Å². The SMILES string of the molecule is Cc1ccc(S(=O)(=O)N2CCN(C(=O)[C@@H](C)N(c3ccccc3)S(C)(=O)=O)CC2)cc1. The summed E-state index contributed by atoms with van der Waals surface area (Å²) in [7, 11) is -7.34. The van der Waals surface area contributed by atoms with Crippen molar-refractivity contribution in [3.8, 4) is 0 Å². The zero-order valence-corrected chi connectivity index (χ0v) is 19.4. The molecule has 0 unspecified atom stereocenters. The van der Waals surface area contributed by atoms with Crippen molar-refractivity contribution in [1.29, 1.82) is 0 Å². The summed E-state index contributed by atoms with van der Waals surface area (Å²) in [6.07, 6.45) is 1.07. The van der Waals surface area contributed by atoms with E-state index in [1.54, 1.807) is 61.5 Å². The summed E-state index contributed by atoms with van der Waals surface area (Å²) in [5.41, 5.74) is 1.38. The number of hydrogen-bond acceptors (Lipinski definition) is 5. The largest absolute Gasteiger partial charge is 0.338 e. The van der Waals surface area contributed by atoms with Gasteiger partial charge in [0, 0.05) is 26.2 Å². The minimum Gasteiger partial charge on any atom is -0.338 e. The molecule has 8 nitrogen and oxygen atoms in total. The maximum absolute atomic E-state index is 13.1. The second kappa shape index (κ2) is 8.97. The third-order valence-electron chi connectivity index (χ3n) is 5.29. The highest BCUT2D eigenvalue weighted by molar-refractivity contribution is 7.92. The van der Waals surface area contributed by atoms with Gasteiger partial charge in [0.05, 0.1) is 16.8 Å². The van der Waals surface area contributed by atoms with E-state index in [1.165, 1.54) is 9.21 Å². The highest BCUT2D eigenvalue weighted by Crippen LogP contribution is 2.23. The van der Waals surface area contributed by atoms with Gasteiger partial charge < -0.3 is 4.90 Å². The molecule has 1 aliphatic rings. The van der Waals surface area contributed by atoms with Crippen molar-refractivity contribution in [2.45, 2.75) is 24.8 Å². The normalized spacial score (nSPS) is 16.7. The van der Waals surface area contributed by atoms with Crippen LogP contribution in [0.25, 0.3) is 0 Å². The number of anilines is 1. The van der Waals surface area contributed by atoms with Crippen LogP contribution in [0.3, 0.4) is 0 Å². The van der Waals surface area contributed by atoms with Crippen LogP contribution in [0.2, 0.25) is 0 Å². The predicted octanol–water partition coefficient (Wildman–Crippen LogP) is 1.68. The first kappa shape index (κ1) is 23.2. The summed E-state index contributed by atoms with van der Waals surface area (Å²) in [5, 5.41) is 0. The van der Waals surface area contributed by atoms with Crippen molar-refractivity contribution in [2.24, 2.45) is 0 Å². The van der Waals surface area contributed by atoms with Gasteiger partial charge in [0.1, 0.15) is 6.04 Å². The summed E-state index contributed by atoms with van der Waals surface area (Å²) in [5.74, 6) is -0.360. The van der Waals surface area contributed by atoms with Crippen LogP contribution in [0.5, 0.6) is 0 Å². The lowest BCUT2D eigenvalue weighted by Gasteiger charge is -2.37. The van der Waals surface area contributed by atoms with Crippen molar-refractivity contribution in [3.05, 3.63) is 60.2 Å². The topological polar surface area (TPSA) is 95.1 Å². The van der Waals surface area contributed by atoms with Crippen LogP contribution in [-0.2, 0) is 24.8 Å². The molecule has 1 amide bonds. The minimum atomic E-state index is -3.69. The van der Waals surface area contributed by atoms with Gasteiger partial charge >= 0.3 is 0 Å². The van der Waals surface area contributed by atoms with E-state index in [0.717, 1.165) is 16.1 Å². The number of para-hydroxylation sites is 1. The third kappa shape index (κ3) is 5.08. The number of sulfonamides is 2. The molecule has 0 aromatic heterocycles. The van der Waals surface area contributed by atoms with E-state index in [1.807, 2.05) is 6.92 Å². The molecular weight excluding hydrogens is 438 g/mol. The summed E-state index contributed by atoms with van der Waals surface area (Å²) in [4.78, 5) is 14.8. The number of carbonyl (C=O) groups excluding carboxylic acids is 1. The van der Waals surface area contributed by atoms with E-state index >= 15 is 0 Å². The second-order valence-electron chi connectivity index (χ2n) is 7.61. The Bertz CT molecular complexity index is 1130. The summed E-state index contributed by atoms with van der Waals surface area (Å²) in [6.45, 7) is 4.13. The Morgan fingerprint density at radius 2 is 1.45 bits per heavy atom. The number of piperazine rings is 1. The Hall–Kier alpha value is -2.43. The number of aryl methyl sites for hydroxylation is 1. The van der Waals surface area contributed by atoms with E-state index < -0.39 is 26.1 Å². The van der Waals surface area contributed by atoms with E-state index in [0.29, 0.717) is 5.69 Å². The molecule has 3 rings (SSSR count). The van der Waals surface area contributed by atoms with Crippen LogP contribution in [0.4, 0.5) is 5.69 Å². The van der Waals surface area contributed by atoms with Gasteiger partial charge in [-0.15, -0.1) is 0 Å². The van der Waals surface area contributed by atoms with Crippen LogP contribution in [0, 0.1) is 6.92 Å². The first-order valence-electron chi connectivity index (χ1n) is 9.92. The zero-order chi connectivity index (χ0) is 22.8. The van der Waals surface area contributed by atoms with Gasteiger partial charge in [-0.2, -0.15) is 4.31 Å². The van der Waals surface area contributed by atoms with Crippen molar-refractivity contribution >= 4 is 31.6 Å². The Morgan fingerprint density at radius 1 is 0.903 bits per heavy atom. The second-order valence-corrected chi connectivity index (χ2v) is 11.4. The average Bonchev–Trinajstić information content (AvgIpc) is 2.73. The predicted molar refractivity (Wildman–Crippen MR) is 120 cm³/mol. The molecule has 2 aromatic carbocycles. The Morgan fingerprint density at radius 3 is 1.97 bits per heavy atom. The molecule has 10 heteroatoms. The van der Waals surface area contributed by atoms with Gasteiger partial charge in [-0.3, -0.25) is 9.10 Å². The molecule has 0 radical (unpaired) electrons. The zero-order valence-electron chi connectivity index (χ0n) is 17.8. The number of carbonyl (C=O) groups is 1. The van der Waals surface area contributed by atoms with Crippen LogP contribution in [0.15, 0.2) is 59.5 Å². The summed E-state index contributed by atoms with van der Waals surface area (Å²) >= 11 is 0. The smallest absolute Gasteiger partial charge is 0.246 e. The lowest BCUT2D eigenvalue weighted by atomic mass is 10.2. The van der Waals surface area contributed by atoms with Gasteiger partial charge in [0.2, 0.25) is 26.0 Å². The molecule has 31 heavy (non-hydrogen) atoms. The molecule has 0 bridgehead atoms. The van der Waals surface area contributed by atoms with E-state index in [2.05, 4.69) is 0 Å². The molecule has 0 spiro atoms. The first-order chi connectivity index (χ1) is 14.5. The lowest BCUT2D eigenvalue weighted by Crippen LogP contribution is -2.56. The monoisotopic (exact) mass is 465 g/mol. The maximum atomic E-state index is 13.1. The Balaban J connectivity index is 1.72. The molecule has 1 heterocycles. The van der Waals surface area contributed by atoms with Gasteiger partial charge in [0.15, 0.2) is 0 Å².